The molecule has 0 radical (unpaired) electrons. The number of nitrogens with zero attached hydrogens (tertiary/aromatic N) is 1. The van der Waals surface area contributed by atoms with Gasteiger partial charge in [0.05, 0.1) is 18.4 Å². The van der Waals surface area contributed by atoms with Gasteiger partial charge in [0.2, 0.25) is 10.0 Å². The molecule has 0 fully saturated rings. The molecular formula is C13H20N2O4S. The van der Waals surface area contributed by atoms with Crippen molar-refractivity contribution in [2.24, 2.45) is 0 Å². The fourth-order valence-electron chi connectivity index (χ4n) is 1.55. The van der Waals surface area contributed by atoms with Crippen molar-refractivity contribution in [1.29, 1.82) is 0 Å². The molecule has 0 unspecified atom stereocenters. The number of rotatable bonds is 7. The van der Waals surface area contributed by atoms with E-state index in [-0.39, 0.29) is 5.75 Å². The van der Waals surface area contributed by atoms with Crippen LogP contribution in [0.4, 0.5) is 0 Å². The third kappa shape index (κ3) is 5.68. The molecule has 0 heterocycles. The number of benzene rings is 1. The zero-order chi connectivity index (χ0) is 15.2. The maximum absolute atomic E-state index is 11.8. The molecule has 0 spiro atoms. The maximum Gasteiger partial charge on any atom is 0.337 e. The molecule has 0 aromatic heterocycles. The molecule has 0 saturated carbocycles. The van der Waals surface area contributed by atoms with E-state index in [2.05, 4.69) is 9.46 Å². The van der Waals surface area contributed by atoms with Crippen molar-refractivity contribution in [1.82, 2.24) is 9.62 Å². The van der Waals surface area contributed by atoms with Crippen LogP contribution in [-0.2, 0) is 20.5 Å². The lowest BCUT2D eigenvalue weighted by molar-refractivity contribution is 0.0600. The molecular weight excluding hydrogens is 280 g/mol. The summed E-state index contributed by atoms with van der Waals surface area (Å²) in [5.41, 5.74) is 1.02. The molecule has 112 valence electrons. The van der Waals surface area contributed by atoms with Crippen LogP contribution >= 0.6 is 0 Å². The highest BCUT2D eigenvalue weighted by atomic mass is 32.2. The van der Waals surface area contributed by atoms with Crippen LogP contribution in [0, 0.1) is 0 Å². The van der Waals surface area contributed by atoms with Gasteiger partial charge < -0.3 is 9.64 Å². The molecule has 0 atom stereocenters. The molecule has 20 heavy (non-hydrogen) atoms. The molecule has 6 nitrogen and oxygen atoms in total. The number of esters is 1. The van der Waals surface area contributed by atoms with Crippen LogP contribution in [0.5, 0.6) is 0 Å². The van der Waals surface area contributed by atoms with E-state index in [0.717, 1.165) is 0 Å². The van der Waals surface area contributed by atoms with Crippen LogP contribution in [0.3, 0.4) is 0 Å². The number of likely N-dealkylation sites (N-methyl/N-ethyl adjacent to an activating group) is 1. The molecule has 1 N–H and O–H groups in total. The maximum atomic E-state index is 11.8. The van der Waals surface area contributed by atoms with Gasteiger partial charge in [0.25, 0.3) is 0 Å². The van der Waals surface area contributed by atoms with Crippen LogP contribution in [-0.4, -0.2) is 53.6 Å². The molecule has 0 aliphatic carbocycles. The van der Waals surface area contributed by atoms with Crippen LogP contribution in [0.1, 0.15) is 15.9 Å². The number of sulfonamides is 1. The zero-order valence-electron chi connectivity index (χ0n) is 11.9. The van der Waals surface area contributed by atoms with E-state index in [1.54, 1.807) is 24.3 Å². The van der Waals surface area contributed by atoms with Crippen molar-refractivity contribution < 1.29 is 17.9 Å². The highest BCUT2D eigenvalue weighted by Gasteiger charge is 2.12. The van der Waals surface area contributed by atoms with Gasteiger partial charge in [-0.05, 0) is 31.8 Å². The number of carbonyl (C=O) groups is 1. The fraction of sp³-hybridized carbons (Fsp3) is 0.462. The third-order valence-corrected chi connectivity index (χ3v) is 3.97. The first-order chi connectivity index (χ1) is 9.34. The van der Waals surface area contributed by atoms with E-state index in [0.29, 0.717) is 24.2 Å². The molecule has 7 heteroatoms. The van der Waals surface area contributed by atoms with E-state index in [1.807, 2.05) is 19.0 Å². The van der Waals surface area contributed by atoms with Crippen molar-refractivity contribution in [3.05, 3.63) is 35.4 Å². The molecule has 1 aromatic rings. The van der Waals surface area contributed by atoms with Gasteiger partial charge in [0.15, 0.2) is 0 Å². The summed E-state index contributed by atoms with van der Waals surface area (Å²) in [7, 11) is 1.69. The standard InChI is InChI=1S/C13H20N2O4S/c1-15(2)9-8-14-20(17,18)10-11-4-6-12(7-5-11)13(16)19-3/h4-7,14H,8-10H2,1-3H3. The molecule has 1 rings (SSSR count). The van der Waals surface area contributed by atoms with Gasteiger partial charge in [-0.1, -0.05) is 12.1 Å². The highest BCUT2D eigenvalue weighted by Crippen LogP contribution is 2.08. The van der Waals surface area contributed by atoms with E-state index >= 15 is 0 Å². The Bertz CT molecular complexity index is 538. The average Bonchev–Trinajstić information content (AvgIpc) is 2.37. The highest BCUT2D eigenvalue weighted by molar-refractivity contribution is 7.88. The smallest absolute Gasteiger partial charge is 0.337 e. The summed E-state index contributed by atoms with van der Waals surface area (Å²) in [5.74, 6) is -0.550. The molecule has 0 amide bonds. The van der Waals surface area contributed by atoms with Crippen LogP contribution in [0.15, 0.2) is 24.3 Å². The summed E-state index contributed by atoms with van der Waals surface area (Å²) in [6.07, 6.45) is 0. The Labute approximate surface area is 119 Å². The average molecular weight is 300 g/mol. The second-order valence-electron chi connectivity index (χ2n) is 4.65. The predicted molar refractivity (Wildman–Crippen MR) is 77.0 cm³/mol. The Kier molecular flexibility index (Phi) is 6.12. The quantitative estimate of drug-likeness (QED) is 0.740. The van der Waals surface area contributed by atoms with Crippen molar-refractivity contribution >= 4 is 16.0 Å². The summed E-state index contributed by atoms with van der Waals surface area (Å²) in [6, 6.07) is 6.32. The summed E-state index contributed by atoms with van der Waals surface area (Å²) in [4.78, 5) is 13.2. The van der Waals surface area contributed by atoms with Crippen molar-refractivity contribution in [3.8, 4) is 0 Å². The summed E-state index contributed by atoms with van der Waals surface area (Å²) < 4.78 is 30.8. The molecule has 0 aliphatic heterocycles. The number of methoxy groups -OCH3 is 1. The van der Waals surface area contributed by atoms with Gasteiger partial charge in [-0.15, -0.1) is 0 Å². The van der Waals surface area contributed by atoms with E-state index < -0.39 is 16.0 Å². The van der Waals surface area contributed by atoms with Gasteiger partial charge in [-0.2, -0.15) is 0 Å². The number of nitrogens with one attached hydrogen (secondary N) is 1. The minimum Gasteiger partial charge on any atom is -0.465 e. The van der Waals surface area contributed by atoms with E-state index in [9.17, 15) is 13.2 Å². The Morgan fingerprint density at radius 3 is 2.35 bits per heavy atom. The lowest BCUT2D eigenvalue weighted by Crippen LogP contribution is -2.32. The minimum absolute atomic E-state index is 0.109. The Balaban J connectivity index is 2.61. The predicted octanol–water partition coefficient (Wildman–Crippen LogP) is 0.454. The van der Waals surface area contributed by atoms with Gasteiger partial charge in [-0.3, -0.25) is 0 Å². The SMILES string of the molecule is COC(=O)c1ccc(CS(=O)(=O)NCCN(C)C)cc1. The lowest BCUT2D eigenvalue weighted by atomic mass is 10.1. The molecule has 1 aromatic carbocycles. The largest absolute Gasteiger partial charge is 0.465 e. The number of ether oxygens (including phenoxy) is 1. The van der Waals surface area contributed by atoms with Gasteiger partial charge in [-0.25, -0.2) is 17.9 Å². The Hall–Kier alpha value is -1.44. The van der Waals surface area contributed by atoms with Gasteiger partial charge >= 0.3 is 5.97 Å². The van der Waals surface area contributed by atoms with Crippen LogP contribution in [0.2, 0.25) is 0 Å². The number of hydrogen-bond acceptors (Lipinski definition) is 5. The molecule has 0 aliphatic rings. The Morgan fingerprint density at radius 2 is 1.85 bits per heavy atom. The van der Waals surface area contributed by atoms with E-state index in [1.165, 1.54) is 7.11 Å². The third-order valence-electron chi connectivity index (χ3n) is 2.61. The second-order valence-corrected chi connectivity index (χ2v) is 6.45. The van der Waals surface area contributed by atoms with Gasteiger partial charge in [0, 0.05) is 13.1 Å². The first-order valence-electron chi connectivity index (χ1n) is 6.13. The fourth-order valence-corrected chi connectivity index (χ4v) is 2.69. The number of hydrogen-bond donors (Lipinski definition) is 1. The van der Waals surface area contributed by atoms with Gasteiger partial charge in [0.1, 0.15) is 0 Å². The van der Waals surface area contributed by atoms with Crippen LogP contribution in [0.25, 0.3) is 0 Å². The number of carbonyl (C=O) groups excluding carboxylic acids is 1. The molecule has 0 saturated heterocycles. The van der Waals surface area contributed by atoms with E-state index in [4.69, 9.17) is 0 Å². The van der Waals surface area contributed by atoms with Crippen molar-refractivity contribution in [2.45, 2.75) is 5.75 Å². The zero-order valence-corrected chi connectivity index (χ0v) is 12.7. The molecule has 0 bridgehead atoms. The summed E-state index contributed by atoms with van der Waals surface area (Å²) in [6.45, 7) is 1.01. The Morgan fingerprint density at radius 1 is 1.25 bits per heavy atom. The monoisotopic (exact) mass is 300 g/mol. The van der Waals surface area contributed by atoms with Crippen molar-refractivity contribution in [3.63, 3.8) is 0 Å². The topological polar surface area (TPSA) is 75.7 Å². The van der Waals surface area contributed by atoms with Crippen molar-refractivity contribution in [2.75, 3.05) is 34.3 Å². The second kappa shape index (κ2) is 7.37. The normalized spacial score (nSPS) is 11.6. The minimum atomic E-state index is -3.36. The lowest BCUT2D eigenvalue weighted by Gasteiger charge is -2.11. The summed E-state index contributed by atoms with van der Waals surface area (Å²) in [5, 5.41) is 0. The first-order valence-corrected chi connectivity index (χ1v) is 7.78. The first kappa shape index (κ1) is 16.6. The summed E-state index contributed by atoms with van der Waals surface area (Å²) >= 11 is 0. The van der Waals surface area contributed by atoms with Crippen LogP contribution < -0.4 is 4.72 Å².